The molecule has 7 heteroatoms. The summed E-state index contributed by atoms with van der Waals surface area (Å²) in [4.78, 5) is 18.3. The standard InChI is InChI=1S/C20H20ClN3O3/c1-24(12-19(25)23-16-4-3-5-17(10-16)26-2)13-20-22-11-18(27-20)14-6-8-15(21)9-7-14/h3-11H,12-13H2,1-2H3,(H,23,25). The van der Waals surface area contributed by atoms with Gasteiger partial charge < -0.3 is 14.5 Å². The highest BCUT2D eigenvalue weighted by Gasteiger charge is 2.12. The molecule has 1 heterocycles. The van der Waals surface area contributed by atoms with E-state index >= 15 is 0 Å². The van der Waals surface area contributed by atoms with Crippen LogP contribution in [0, 0.1) is 0 Å². The molecule has 0 saturated heterocycles. The third-order valence-electron chi connectivity index (χ3n) is 3.85. The number of amides is 1. The number of rotatable bonds is 7. The first-order valence-corrected chi connectivity index (χ1v) is 8.74. The fourth-order valence-electron chi connectivity index (χ4n) is 2.56. The summed E-state index contributed by atoms with van der Waals surface area (Å²) in [6.07, 6.45) is 1.67. The zero-order valence-corrected chi connectivity index (χ0v) is 15.9. The maximum atomic E-state index is 12.2. The van der Waals surface area contributed by atoms with Crippen molar-refractivity contribution < 1.29 is 13.9 Å². The van der Waals surface area contributed by atoms with Crippen molar-refractivity contribution in [3.8, 4) is 17.1 Å². The van der Waals surface area contributed by atoms with Crippen molar-refractivity contribution in [2.45, 2.75) is 6.54 Å². The van der Waals surface area contributed by atoms with Crippen molar-refractivity contribution in [3.63, 3.8) is 0 Å². The van der Waals surface area contributed by atoms with Gasteiger partial charge >= 0.3 is 0 Å². The summed E-state index contributed by atoms with van der Waals surface area (Å²) in [5, 5.41) is 3.51. The maximum Gasteiger partial charge on any atom is 0.238 e. The number of carbonyl (C=O) groups excluding carboxylic acids is 1. The molecule has 0 bridgehead atoms. The van der Waals surface area contributed by atoms with Crippen LogP contribution in [0.25, 0.3) is 11.3 Å². The smallest absolute Gasteiger partial charge is 0.238 e. The van der Waals surface area contributed by atoms with Crippen LogP contribution in [0.5, 0.6) is 5.75 Å². The molecule has 0 unspecified atom stereocenters. The second kappa shape index (κ2) is 8.70. The fourth-order valence-corrected chi connectivity index (χ4v) is 2.69. The van der Waals surface area contributed by atoms with Gasteiger partial charge in [0.05, 0.1) is 26.4 Å². The normalized spacial score (nSPS) is 10.8. The Kier molecular flexibility index (Phi) is 6.11. The van der Waals surface area contributed by atoms with Crippen LogP contribution in [0.2, 0.25) is 5.02 Å². The van der Waals surface area contributed by atoms with Crippen LogP contribution >= 0.6 is 11.6 Å². The quantitative estimate of drug-likeness (QED) is 0.663. The summed E-state index contributed by atoms with van der Waals surface area (Å²) >= 11 is 5.90. The molecule has 27 heavy (non-hydrogen) atoms. The first-order chi connectivity index (χ1) is 13.0. The molecule has 1 amide bonds. The average Bonchev–Trinajstić information content (AvgIpc) is 3.10. The summed E-state index contributed by atoms with van der Waals surface area (Å²) in [5.41, 5.74) is 1.59. The molecule has 0 aliphatic heterocycles. The lowest BCUT2D eigenvalue weighted by Gasteiger charge is -2.14. The third kappa shape index (κ3) is 5.32. The number of ether oxygens (including phenoxy) is 1. The fraction of sp³-hybridized carbons (Fsp3) is 0.200. The SMILES string of the molecule is COc1cccc(NC(=O)CN(C)Cc2ncc(-c3ccc(Cl)cc3)o2)c1. The predicted octanol–water partition coefficient (Wildman–Crippen LogP) is 4.07. The Balaban J connectivity index is 1.55. The molecule has 0 aliphatic rings. The summed E-state index contributed by atoms with van der Waals surface area (Å²) < 4.78 is 10.9. The molecule has 0 spiro atoms. The lowest BCUT2D eigenvalue weighted by Crippen LogP contribution is -2.29. The molecule has 6 nitrogen and oxygen atoms in total. The highest BCUT2D eigenvalue weighted by atomic mass is 35.5. The van der Waals surface area contributed by atoms with Crippen molar-refractivity contribution in [3.05, 3.63) is 65.6 Å². The van der Waals surface area contributed by atoms with Gasteiger partial charge in [-0.1, -0.05) is 17.7 Å². The van der Waals surface area contributed by atoms with Gasteiger partial charge in [-0.15, -0.1) is 0 Å². The number of aromatic nitrogens is 1. The van der Waals surface area contributed by atoms with Crippen molar-refractivity contribution in [1.82, 2.24) is 9.88 Å². The van der Waals surface area contributed by atoms with Crippen LogP contribution < -0.4 is 10.1 Å². The minimum absolute atomic E-state index is 0.129. The molecule has 0 radical (unpaired) electrons. The van der Waals surface area contributed by atoms with Crippen LogP contribution in [0.1, 0.15) is 5.89 Å². The van der Waals surface area contributed by atoms with Gasteiger partial charge in [-0.2, -0.15) is 0 Å². The van der Waals surface area contributed by atoms with E-state index in [1.807, 2.05) is 42.3 Å². The summed E-state index contributed by atoms with van der Waals surface area (Å²) in [7, 11) is 3.42. The van der Waals surface area contributed by atoms with E-state index in [4.69, 9.17) is 20.8 Å². The second-order valence-corrected chi connectivity index (χ2v) is 6.51. The van der Waals surface area contributed by atoms with E-state index in [0.29, 0.717) is 34.7 Å². The van der Waals surface area contributed by atoms with Gasteiger partial charge in [-0.25, -0.2) is 4.98 Å². The Morgan fingerprint density at radius 3 is 2.78 bits per heavy atom. The van der Waals surface area contributed by atoms with E-state index in [9.17, 15) is 4.79 Å². The van der Waals surface area contributed by atoms with Crippen molar-refractivity contribution in [2.75, 3.05) is 26.0 Å². The minimum atomic E-state index is -0.129. The highest BCUT2D eigenvalue weighted by molar-refractivity contribution is 6.30. The van der Waals surface area contributed by atoms with E-state index in [1.54, 1.807) is 31.5 Å². The minimum Gasteiger partial charge on any atom is -0.497 e. The Bertz CT molecular complexity index is 909. The summed E-state index contributed by atoms with van der Waals surface area (Å²) in [5.74, 6) is 1.76. The molecule has 0 saturated carbocycles. The molecule has 3 aromatic rings. The molecule has 140 valence electrons. The largest absolute Gasteiger partial charge is 0.497 e. The van der Waals surface area contributed by atoms with Gasteiger partial charge in [0, 0.05) is 22.3 Å². The number of hydrogen-bond acceptors (Lipinski definition) is 5. The molecule has 3 rings (SSSR count). The van der Waals surface area contributed by atoms with Crippen LogP contribution in [0.4, 0.5) is 5.69 Å². The number of oxazole rings is 1. The zero-order chi connectivity index (χ0) is 19.2. The summed E-state index contributed by atoms with van der Waals surface area (Å²) in [6.45, 7) is 0.620. The Morgan fingerprint density at radius 2 is 2.04 bits per heavy atom. The molecule has 0 aliphatic carbocycles. The zero-order valence-electron chi connectivity index (χ0n) is 15.1. The molecular formula is C20H20ClN3O3. The van der Waals surface area contributed by atoms with Gasteiger partial charge in [0.25, 0.3) is 0 Å². The van der Waals surface area contributed by atoms with Crippen LogP contribution in [-0.2, 0) is 11.3 Å². The molecule has 1 N–H and O–H groups in total. The topological polar surface area (TPSA) is 67.6 Å². The molecular weight excluding hydrogens is 366 g/mol. The third-order valence-corrected chi connectivity index (χ3v) is 4.11. The molecule has 1 aromatic heterocycles. The number of benzene rings is 2. The van der Waals surface area contributed by atoms with Gasteiger partial charge in [0.1, 0.15) is 5.75 Å². The van der Waals surface area contributed by atoms with E-state index in [2.05, 4.69) is 10.3 Å². The number of likely N-dealkylation sites (N-methyl/N-ethyl adjacent to an activating group) is 1. The molecule has 0 atom stereocenters. The highest BCUT2D eigenvalue weighted by Crippen LogP contribution is 2.22. The van der Waals surface area contributed by atoms with E-state index in [-0.39, 0.29) is 12.5 Å². The Morgan fingerprint density at radius 1 is 1.26 bits per heavy atom. The number of nitrogens with zero attached hydrogens (tertiary/aromatic N) is 2. The Labute approximate surface area is 162 Å². The number of carbonyl (C=O) groups is 1. The number of halogens is 1. The maximum absolute atomic E-state index is 12.2. The first kappa shape index (κ1) is 18.9. The summed E-state index contributed by atoms with van der Waals surface area (Å²) in [6, 6.07) is 14.6. The van der Waals surface area contributed by atoms with Crippen LogP contribution in [0.15, 0.2) is 59.1 Å². The molecule has 0 fully saturated rings. The van der Waals surface area contributed by atoms with Crippen LogP contribution in [-0.4, -0.2) is 36.5 Å². The number of anilines is 1. The molecule has 2 aromatic carbocycles. The number of methoxy groups -OCH3 is 1. The van der Waals surface area contributed by atoms with Gasteiger partial charge in [0.2, 0.25) is 11.8 Å². The predicted molar refractivity (Wildman–Crippen MR) is 105 cm³/mol. The van der Waals surface area contributed by atoms with E-state index in [0.717, 1.165) is 5.56 Å². The van der Waals surface area contributed by atoms with Gasteiger partial charge in [-0.3, -0.25) is 9.69 Å². The van der Waals surface area contributed by atoms with E-state index < -0.39 is 0 Å². The average molecular weight is 386 g/mol. The van der Waals surface area contributed by atoms with Crippen molar-refractivity contribution in [1.29, 1.82) is 0 Å². The number of nitrogens with one attached hydrogen (secondary N) is 1. The monoisotopic (exact) mass is 385 g/mol. The van der Waals surface area contributed by atoms with E-state index in [1.165, 1.54) is 0 Å². The van der Waals surface area contributed by atoms with Crippen LogP contribution in [0.3, 0.4) is 0 Å². The lowest BCUT2D eigenvalue weighted by atomic mass is 10.2. The van der Waals surface area contributed by atoms with Gasteiger partial charge in [0.15, 0.2) is 5.76 Å². The van der Waals surface area contributed by atoms with Crippen molar-refractivity contribution in [2.24, 2.45) is 0 Å². The second-order valence-electron chi connectivity index (χ2n) is 6.08. The lowest BCUT2D eigenvalue weighted by molar-refractivity contribution is -0.117. The van der Waals surface area contributed by atoms with Gasteiger partial charge in [-0.05, 0) is 43.4 Å². The van der Waals surface area contributed by atoms with Crippen molar-refractivity contribution >= 4 is 23.2 Å². The first-order valence-electron chi connectivity index (χ1n) is 8.36. The Hall–Kier alpha value is -2.83. The number of hydrogen-bond donors (Lipinski definition) is 1.